The summed E-state index contributed by atoms with van der Waals surface area (Å²) >= 11 is 0. The van der Waals surface area contributed by atoms with Crippen molar-refractivity contribution in [2.75, 3.05) is 0 Å². The summed E-state index contributed by atoms with van der Waals surface area (Å²) in [7, 11) is 0. The van der Waals surface area contributed by atoms with E-state index < -0.39 is 0 Å². The van der Waals surface area contributed by atoms with E-state index in [2.05, 4.69) is 35.7 Å². The van der Waals surface area contributed by atoms with Crippen molar-refractivity contribution in [3.63, 3.8) is 0 Å². The molecular formula is C15H21N3. The zero-order chi connectivity index (χ0) is 13.6. The Balaban J connectivity index is 0.000000771. The fraction of sp³-hybridized carbons (Fsp3) is 0.400. The molecule has 0 amide bonds. The zero-order valence-electron chi connectivity index (χ0n) is 11.8. The number of hydrogen-bond donors (Lipinski definition) is 0. The minimum Gasteiger partial charge on any atom is -0.264 e. The molecule has 2 rings (SSSR count). The lowest BCUT2D eigenvalue weighted by atomic mass is 9.95. The van der Waals surface area contributed by atoms with E-state index in [1.165, 1.54) is 0 Å². The maximum Gasteiger partial charge on any atom is 0.133 e. The fourth-order valence-electron chi connectivity index (χ4n) is 1.40. The molecule has 96 valence electrons. The highest BCUT2D eigenvalue weighted by Crippen LogP contribution is 2.20. The molecule has 0 aliphatic heterocycles. The van der Waals surface area contributed by atoms with Gasteiger partial charge in [0.1, 0.15) is 5.82 Å². The van der Waals surface area contributed by atoms with Gasteiger partial charge in [0.05, 0.1) is 0 Å². The first-order chi connectivity index (χ1) is 8.57. The Morgan fingerprint density at radius 3 is 1.94 bits per heavy atom. The molecule has 0 aliphatic rings. The van der Waals surface area contributed by atoms with Gasteiger partial charge >= 0.3 is 0 Å². The smallest absolute Gasteiger partial charge is 0.133 e. The Kier molecular flexibility index (Phi) is 4.95. The molecule has 2 aromatic heterocycles. The van der Waals surface area contributed by atoms with Crippen molar-refractivity contribution in [3.8, 4) is 11.1 Å². The van der Waals surface area contributed by atoms with Crippen molar-refractivity contribution >= 4 is 0 Å². The Bertz CT molecular complexity index is 455. The van der Waals surface area contributed by atoms with Crippen LogP contribution in [0.15, 0.2) is 36.9 Å². The van der Waals surface area contributed by atoms with Crippen molar-refractivity contribution < 1.29 is 0 Å². The van der Waals surface area contributed by atoms with Crippen molar-refractivity contribution in [1.29, 1.82) is 0 Å². The summed E-state index contributed by atoms with van der Waals surface area (Å²) in [5.74, 6) is 0.861. The van der Waals surface area contributed by atoms with Crippen LogP contribution < -0.4 is 0 Å². The Labute approximate surface area is 109 Å². The van der Waals surface area contributed by atoms with E-state index in [1.54, 1.807) is 6.20 Å². The summed E-state index contributed by atoms with van der Waals surface area (Å²) in [4.78, 5) is 12.9. The lowest BCUT2D eigenvalue weighted by Crippen LogP contribution is -2.15. The summed E-state index contributed by atoms with van der Waals surface area (Å²) in [6.07, 6.45) is 7.28. The second kappa shape index (κ2) is 6.24. The van der Waals surface area contributed by atoms with Gasteiger partial charge < -0.3 is 0 Å². The second-order valence-electron chi connectivity index (χ2n) is 4.79. The van der Waals surface area contributed by atoms with E-state index in [9.17, 15) is 0 Å². The van der Waals surface area contributed by atoms with Gasteiger partial charge in [0.15, 0.2) is 0 Å². The third-order valence-corrected chi connectivity index (χ3v) is 2.32. The molecule has 0 fully saturated rings. The molecular weight excluding hydrogens is 222 g/mol. The standard InChI is InChI=1S/C13H15N3.C2H6/c1-13(2,3)12-15-8-11(9-16-12)10-5-4-6-14-7-10;1-2/h4-9H,1-3H3;1-2H3. The number of pyridine rings is 1. The van der Waals surface area contributed by atoms with Crippen LogP contribution in [-0.2, 0) is 5.41 Å². The molecule has 2 aromatic rings. The van der Waals surface area contributed by atoms with Crippen LogP contribution in [0, 0.1) is 0 Å². The third-order valence-electron chi connectivity index (χ3n) is 2.32. The van der Waals surface area contributed by atoms with Gasteiger partial charge in [-0.2, -0.15) is 0 Å². The molecule has 18 heavy (non-hydrogen) atoms. The Hall–Kier alpha value is -1.77. The number of rotatable bonds is 1. The van der Waals surface area contributed by atoms with Crippen molar-refractivity contribution in [3.05, 3.63) is 42.7 Å². The first-order valence-electron chi connectivity index (χ1n) is 6.30. The van der Waals surface area contributed by atoms with Crippen LogP contribution in [0.1, 0.15) is 40.4 Å². The fourth-order valence-corrected chi connectivity index (χ4v) is 1.40. The first-order valence-corrected chi connectivity index (χ1v) is 6.30. The highest BCUT2D eigenvalue weighted by molar-refractivity contribution is 5.59. The average molecular weight is 243 g/mol. The van der Waals surface area contributed by atoms with Crippen molar-refractivity contribution in [2.24, 2.45) is 0 Å². The van der Waals surface area contributed by atoms with Crippen molar-refractivity contribution in [1.82, 2.24) is 15.0 Å². The first kappa shape index (κ1) is 14.3. The summed E-state index contributed by atoms with van der Waals surface area (Å²) in [6.45, 7) is 10.3. The molecule has 0 aliphatic carbocycles. The highest BCUT2D eigenvalue weighted by atomic mass is 14.9. The number of nitrogens with zero attached hydrogens (tertiary/aromatic N) is 3. The van der Waals surface area contributed by atoms with E-state index in [0.717, 1.165) is 17.0 Å². The molecule has 0 aromatic carbocycles. The van der Waals surface area contributed by atoms with Gasteiger partial charge in [-0.25, -0.2) is 9.97 Å². The Morgan fingerprint density at radius 1 is 0.889 bits per heavy atom. The van der Waals surface area contributed by atoms with Gasteiger partial charge in [0.25, 0.3) is 0 Å². The molecule has 3 heteroatoms. The van der Waals surface area contributed by atoms with E-state index in [0.29, 0.717) is 0 Å². The minimum absolute atomic E-state index is 0.00648. The van der Waals surface area contributed by atoms with E-state index in [1.807, 2.05) is 44.6 Å². The predicted octanol–water partition coefficient (Wildman–Crippen LogP) is 3.86. The molecule has 0 unspecified atom stereocenters. The SMILES string of the molecule is CC.CC(C)(C)c1ncc(-c2cccnc2)cn1. The average Bonchev–Trinajstić information content (AvgIpc) is 2.41. The predicted molar refractivity (Wildman–Crippen MR) is 75.3 cm³/mol. The van der Waals surface area contributed by atoms with Crippen LogP contribution >= 0.6 is 0 Å². The second-order valence-corrected chi connectivity index (χ2v) is 4.79. The van der Waals surface area contributed by atoms with Crippen LogP contribution in [0.4, 0.5) is 0 Å². The largest absolute Gasteiger partial charge is 0.264 e. The van der Waals surface area contributed by atoms with E-state index >= 15 is 0 Å². The van der Waals surface area contributed by atoms with Crippen LogP contribution in [0.2, 0.25) is 0 Å². The van der Waals surface area contributed by atoms with E-state index in [4.69, 9.17) is 0 Å². The van der Waals surface area contributed by atoms with Gasteiger partial charge in [-0.3, -0.25) is 4.98 Å². The van der Waals surface area contributed by atoms with Crippen molar-refractivity contribution in [2.45, 2.75) is 40.0 Å². The molecule has 0 saturated heterocycles. The van der Waals surface area contributed by atoms with Crippen LogP contribution in [0.3, 0.4) is 0 Å². The number of aromatic nitrogens is 3. The topological polar surface area (TPSA) is 38.7 Å². The molecule has 0 radical (unpaired) electrons. The van der Waals surface area contributed by atoms with Crippen LogP contribution in [-0.4, -0.2) is 15.0 Å². The lowest BCUT2D eigenvalue weighted by molar-refractivity contribution is 0.545. The van der Waals surface area contributed by atoms with E-state index in [-0.39, 0.29) is 5.41 Å². The third kappa shape index (κ3) is 3.62. The molecule has 0 saturated carbocycles. The maximum absolute atomic E-state index is 4.39. The lowest BCUT2D eigenvalue weighted by Gasteiger charge is -2.15. The van der Waals surface area contributed by atoms with Crippen LogP contribution in [0.25, 0.3) is 11.1 Å². The molecule has 0 N–H and O–H groups in total. The highest BCUT2D eigenvalue weighted by Gasteiger charge is 2.16. The minimum atomic E-state index is -0.00648. The molecule has 0 atom stereocenters. The Morgan fingerprint density at radius 2 is 1.50 bits per heavy atom. The van der Waals surface area contributed by atoms with Gasteiger partial charge in [0.2, 0.25) is 0 Å². The van der Waals surface area contributed by atoms with Crippen LogP contribution in [0.5, 0.6) is 0 Å². The maximum atomic E-state index is 4.39. The normalized spacial score (nSPS) is 10.5. The van der Waals surface area contributed by atoms with Gasteiger partial charge in [0, 0.05) is 41.3 Å². The summed E-state index contributed by atoms with van der Waals surface area (Å²) in [5.41, 5.74) is 2.04. The number of hydrogen-bond acceptors (Lipinski definition) is 3. The summed E-state index contributed by atoms with van der Waals surface area (Å²) < 4.78 is 0. The molecule has 0 bridgehead atoms. The molecule has 0 spiro atoms. The van der Waals surface area contributed by atoms with Gasteiger partial charge in [-0.15, -0.1) is 0 Å². The van der Waals surface area contributed by atoms with Gasteiger partial charge in [-0.05, 0) is 6.07 Å². The summed E-state index contributed by atoms with van der Waals surface area (Å²) in [5, 5.41) is 0. The molecule has 3 nitrogen and oxygen atoms in total. The quantitative estimate of drug-likeness (QED) is 0.763. The summed E-state index contributed by atoms with van der Waals surface area (Å²) in [6, 6.07) is 3.91. The zero-order valence-corrected chi connectivity index (χ0v) is 11.8. The van der Waals surface area contributed by atoms with Gasteiger partial charge in [-0.1, -0.05) is 40.7 Å². The molecule has 2 heterocycles. The monoisotopic (exact) mass is 243 g/mol.